The van der Waals surface area contributed by atoms with E-state index in [2.05, 4.69) is 10.1 Å². The first-order valence-corrected chi connectivity index (χ1v) is 5.93. The molecule has 2 aromatic rings. The Labute approximate surface area is 106 Å². The minimum atomic E-state index is -0.164. The number of anilines is 1. The Hall–Kier alpha value is -1.88. The van der Waals surface area contributed by atoms with Crippen LogP contribution in [0.4, 0.5) is 5.69 Å². The van der Waals surface area contributed by atoms with E-state index in [1.807, 2.05) is 39.0 Å². The van der Waals surface area contributed by atoms with Gasteiger partial charge in [0.2, 0.25) is 5.82 Å². The van der Waals surface area contributed by atoms with Crippen molar-refractivity contribution in [3.05, 3.63) is 29.6 Å². The summed E-state index contributed by atoms with van der Waals surface area (Å²) < 4.78 is 10.6. The van der Waals surface area contributed by atoms with Crippen molar-refractivity contribution in [3.8, 4) is 11.5 Å². The topological polar surface area (TPSA) is 74.2 Å². The summed E-state index contributed by atoms with van der Waals surface area (Å²) in [5.41, 5.74) is 8.38. The molecule has 0 saturated heterocycles. The molecule has 5 nitrogen and oxygen atoms in total. The Morgan fingerprint density at radius 3 is 2.89 bits per heavy atom. The van der Waals surface area contributed by atoms with Crippen LogP contribution in [0.2, 0.25) is 0 Å². The highest BCUT2D eigenvalue weighted by molar-refractivity contribution is 5.60. The largest absolute Gasteiger partial charge is 0.399 e. The number of nitrogens with zero attached hydrogens (tertiary/aromatic N) is 2. The molecule has 0 fully saturated rings. The number of benzene rings is 1. The molecule has 96 valence electrons. The third-order valence-corrected chi connectivity index (χ3v) is 2.74. The van der Waals surface area contributed by atoms with Crippen LogP contribution in [-0.2, 0) is 4.74 Å². The van der Waals surface area contributed by atoms with Gasteiger partial charge in [-0.25, -0.2) is 0 Å². The number of hydrogen-bond acceptors (Lipinski definition) is 5. The van der Waals surface area contributed by atoms with E-state index in [9.17, 15) is 0 Å². The van der Waals surface area contributed by atoms with Crippen LogP contribution in [-0.4, -0.2) is 16.7 Å². The normalized spacial score (nSPS) is 12.6. The summed E-state index contributed by atoms with van der Waals surface area (Å²) in [5.74, 6) is 1.04. The van der Waals surface area contributed by atoms with Crippen molar-refractivity contribution >= 4 is 5.69 Å². The maximum Gasteiger partial charge on any atom is 0.258 e. The first-order valence-electron chi connectivity index (χ1n) is 5.93. The number of nitrogens with two attached hydrogens (primary N) is 1. The Balaban J connectivity index is 2.26. The van der Waals surface area contributed by atoms with Crippen molar-refractivity contribution in [2.45, 2.75) is 26.9 Å². The average molecular weight is 247 g/mol. The highest BCUT2D eigenvalue weighted by atomic mass is 16.5. The van der Waals surface area contributed by atoms with Crippen LogP contribution in [0.5, 0.6) is 0 Å². The van der Waals surface area contributed by atoms with Crippen LogP contribution in [0, 0.1) is 6.92 Å². The van der Waals surface area contributed by atoms with Crippen LogP contribution < -0.4 is 5.73 Å². The highest BCUT2D eigenvalue weighted by Crippen LogP contribution is 2.23. The highest BCUT2D eigenvalue weighted by Gasteiger charge is 2.15. The fourth-order valence-corrected chi connectivity index (χ4v) is 1.65. The third kappa shape index (κ3) is 2.51. The van der Waals surface area contributed by atoms with Gasteiger partial charge in [0, 0.05) is 17.9 Å². The number of hydrogen-bond donors (Lipinski definition) is 1. The van der Waals surface area contributed by atoms with E-state index >= 15 is 0 Å². The molecular weight excluding hydrogens is 230 g/mol. The molecule has 1 aromatic heterocycles. The monoisotopic (exact) mass is 247 g/mol. The van der Waals surface area contributed by atoms with Gasteiger partial charge in [-0.3, -0.25) is 0 Å². The van der Waals surface area contributed by atoms with E-state index in [0.29, 0.717) is 18.3 Å². The minimum Gasteiger partial charge on any atom is -0.399 e. The summed E-state index contributed by atoms with van der Waals surface area (Å²) in [6, 6.07) is 5.63. The van der Waals surface area contributed by atoms with Crippen LogP contribution in [0.3, 0.4) is 0 Å². The van der Waals surface area contributed by atoms with Gasteiger partial charge in [-0.2, -0.15) is 4.98 Å². The molecule has 0 aliphatic rings. The van der Waals surface area contributed by atoms with E-state index in [1.165, 1.54) is 0 Å². The predicted molar refractivity (Wildman–Crippen MR) is 68.9 cm³/mol. The summed E-state index contributed by atoms with van der Waals surface area (Å²) in [6.45, 7) is 6.39. The molecule has 0 aliphatic heterocycles. The second-order valence-electron chi connectivity index (χ2n) is 4.13. The second kappa shape index (κ2) is 5.18. The SMILES string of the molecule is CCOC(C)c1noc(-c2ccc(N)c(C)c2)n1. The van der Waals surface area contributed by atoms with Crippen molar-refractivity contribution in [2.24, 2.45) is 0 Å². The Morgan fingerprint density at radius 2 is 2.22 bits per heavy atom. The van der Waals surface area contributed by atoms with Gasteiger partial charge in [-0.15, -0.1) is 0 Å². The first kappa shape index (κ1) is 12.6. The molecule has 0 spiro atoms. The number of ether oxygens (including phenoxy) is 1. The lowest BCUT2D eigenvalue weighted by atomic mass is 10.1. The fraction of sp³-hybridized carbons (Fsp3) is 0.385. The standard InChI is InChI=1S/C13H17N3O2/c1-4-17-9(3)12-15-13(18-16-12)10-5-6-11(14)8(2)7-10/h5-7,9H,4,14H2,1-3H3. The maximum atomic E-state index is 5.77. The van der Waals surface area contributed by atoms with Crippen molar-refractivity contribution in [1.82, 2.24) is 10.1 Å². The Bertz CT molecular complexity index is 537. The minimum absolute atomic E-state index is 0.164. The number of aryl methyl sites for hydroxylation is 1. The molecule has 5 heteroatoms. The summed E-state index contributed by atoms with van der Waals surface area (Å²) in [7, 11) is 0. The molecule has 18 heavy (non-hydrogen) atoms. The molecule has 1 atom stereocenters. The van der Waals surface area contributed by atoms with E-state index < -0.39 is 0 Å². The van der Waals surface area contributed by atoms with Gasteiger partial charge in [0.05, 0.1) is 0 Å². The quantitative estimate of drug-likeness (QED) is 0.841. The second-order valence-corrected chi connectivity index (χ2v) is 4.13. The van der Waals surface area contributed by atoms with Gasteiger partial charge in [-0.1, -0.05) is 5.16 Å². The fourth-order valence-electron chi connectivity index (χ4n) is 1.65. The lowest BCUT2D eigenvalue weighted by Gasteiger charge is -2.04. The van der Waals surface area contributed by atoms with Crippen LogP contribution >= 0.6 is 0 Å². The molecule has 1 heterocycles. The van der Waals surface area contributed by atoms with Crippen molar-refractivity contribution in [3.63, 3.8) is 0 Å². The van der Waals surface area contributed by atoms with Gasteiger partial charge in [-0.05, 0) is 44.5 Å². The summed E-state index contributed by atoms with van der Waals surface area (Å²) in [5, 5.41) is 3.92. The van der Waals surface area contributed by atoms with Crippen LogP contribution in [0.1, 0.15) is 31.3 Å². The van der Waals surface area contributed by atoms with E-state index in [0.717, 1.165) is 16.8 Å². The summed E-state index contributed by atoms with van der Waals surface area (Å²) in [6.07, 6.45) is -0.164. The first-order chi connectivity index (χ1) is 8.61. The lowest BCUT2D eigenvalue weighted by Crippen LogP contribution is -2.01. The lowest BCUT2D eigenvalue weighted by molar-refractivity contribution is 0.0683. The van der Waals surface area contributed by atoms with Crippen LogP contribution in [0.25, 0.3) is 11.5 Å². The molecular formula is C13H17N3O2. The van der Waals surface area contributed by atoms with E-state index in [1.54, 1.807) is 0 Å². The molecule has 1 unspecified atom stereocenters. The summed E-state index contributed by atoms with van der Waals surface area (Å²) >= 11 is 0. The molecule has 0 saturated carbocycles. The van der Waals surface area contributed by atoms with Crippen molar-refractivity contribution in [2.75, 3.05) is 12.3 Å². The zero-order valence-corrected chi connectivity index (χ0v) is 10.8. The van der Waals surface area contributed by atoms with E-state index in [-0.39, 0.29) is 6.10 Å². The molecule has 2 rings (SSSR count). The van der Waals surface area contributed by atoms with Gasteiger partial charge in [0.25, 0.3) is 5.89 Å². The Kier molecular flexibility index (Phi) is 3.62. The number of nitrogen functional groups attached to an aromatic ring is 1. The van der Waals surface area contributed by atoms with Crippen LogP contribution in [0.15, 0.2) is 22.7 Å². The van der Waals surface area contributed by atoms with Gasteiger partial charge < -0.3 is 15.0 Å². The molecule has 0 bridgehead atoms. The molecule has 0 radical (unpaired) electrons. The van der Waals surface area contributed by atoms with Gasteiger partial charge in [0.1, 0.15) is 6.10 Å². The average Bonchev–Trinajstić information content (AvgIpc) is 2.82. The zero-order chi connectivity index (χ0) is 13.1. The predicted octanol–water partition coefficient (Wildman–Crippen LogP) is 2.72. The molecule has 0 amide bonds. The maximum absolute atomic E-state index is 5.77. The molecule has 0 aliphatic carbocycles. The van der Waals surface area contributed by atoms with Crippen molar-refractivity contribution < 1.29 is 9.26 Å². The van der Waals surface area contributed by atoms with Gasteiger partial charge in [0.15, 0.2) is 0 Å². The Morgan fingerprint density at radius 1 is 1.44 bits per heavy atom. The number of aromatic nitrogens is 2. The van der Waals surface area contributed by atoms with Crippen molar-refractivity contribution in [1.29, 1.82) is 0 Å². The summed E-state index contributed by atoms with van der Waals surface area (Å²) in [4.78, 5) is 4.33. The molecule has 1 aromatic carbocycles. The van der Waals surface area contributed by atoms with Gasteiger partial charge >= 0.3 is 0 Å². The number of rotatable bonds is 4. The third-order valence-electron chi connectivity index (χ3n) is 2.74. The zero-order valence-electron chi connectivity index (χ0n) is 10.8. The van der Waals surface area contributed by atoms with E-state index in [4.69, 9.17) is 15.0 Å². The smallest absolute Gasteiger partial charge is 0.258 e. The molecule has 2 N–H and O–H groups in total.